The third-order valence-electron chi connectivity index (χ3n) is 5.54. The highest BCUT2D eigenvalue weighted by Crippen LogP contribution is 2.16. The van der Waals surface area contributed by atoms with Gasteiger partial charge in [0.15, 0.2) is 5.96 Å². The maximum atomic E-state index is 13.0. The van der Waals surface area contributed by atoms with Crippen LogP contribution in [-0.2, 0) is 17.9 Å². The molecule has 0 radical (unpaired) electrons. The number of nitrogens with zero attached hydrogens (tertiary/aromatic N) is 1. The van der Waals surface area contributed by atoms with Gasteiger partial charge in [0.1, 0.15) is 6.04 Å². The molecule has 9 N–H and O–H groups in total. The van der Waals surface area contributed by atoms with Crippen molar-refractivity contribution in [2.75, 3.05) is 6.54 Å². The predicted octanol–water partition coefficient (Wildman–Crippen LogP) is 1.48. The van der Waals surface area contributed by atoms with E-state index in [-0.39, 0.29) is 24.3 Å². The number of carbonyl (C=O) groups excluding carboxylic acids is 3. The first-order chi connectivity index (χ1) is 17.3. The highest BCUT2D eigenvalue weighted by Gasteiger charge is 2.21. The van der Waals surface area contributed by atoms with Crippen molar-refractivity contribution in [3.8, 4) is 0 Å². The molecule has 0 unspecified atom stereocenters. The zero-order chi connectivity index (χ0) is 25.9. The average molecular weight is 490 g/mol. The van der Waals surface area contributed by atoms with E-state index in [1.807, 2.05) is 54.6 Å². The second-order valence-corrected chi connectivity index (χ2v) is 8.29. The first-order valence-electron chi connectivity index (χ1n) is 11.6. The van der Waals surface area contributed by atoms with Crippen LogP contribution in [0.4, 0.5) is 4.79 Å². The van der Waals surface area contributed by atoms with Crippen molar-refractivity contribution >= 4 is 34.6 Å². The van der Waals surface area contributed by atoms with Gasteiger partial charge in [-0.3, -0.25) is 14.6 Å². The summed E-state index contributed by atoms with van der Waals surface area (Å²) in [6.07, 6.45) is 0.870. The predicted molar refractivity (Wildman–Crippen MR) is 140 cm³/mol. The summed E-state index contributed by atoms with van der Waals surface area (Å²) in [7, 11) is 0. The summed E-state index contributed by atoms with van der Waals surface area (Å²) >= 11 is 0. The largest absolute Gasteiger partial charge is 0.370 e. The lowest BCUT2D eigenvalue weighted by molar-refractivity contribution is -0.123. The minimum atomic E-state index is -0.766. The number of amides is 4. The Bertz CT molecular complexity index is 1240. The quantitative estimate of drug-likeness (QED) is 0.135. The maximum Gasteiger partial charge on any atom is 0.312 e. The van der Waals surface area contributed by atoms with Gasteiger partial charge in [-0.15, -0.1) is 0 Å². The summed E-state index contributed by atoms with van der Waals surface area (Å²) in [5.41, 5.74) is 18.1. The van der Waals surface area contributed by atoms with Crippen LogP contribution in [0.15, 0.2) is 71.7 Å². The Morgan fingerprint density at radius 1 is 0.806 bits per heavy atom. The number of carbonyl (C=O) groups is 3. The van der Waals surface area contributed by atoms with Gasteiger partial charge in [-0.2, -0.15) is 0 Å². The smallest absolute Gasteiger partial charge is 0.312 e. The summed E-state index contributed by atoms with van der Waals surface area (Å²) in [6, 6.07) is 19.2. The molecule has 10 heteroatoms. The van der Waals surface area contributed by atoms with E-state index in [4.69, 9.17) is 17.2 Å². The Morgan fingerprint density at radius 3 is 2.08 bits per heavy atom. The molecule has 0 aliphatic rings. The number of hydrogen-bond donors (Lipinski definition) is 6. The standard InChI is InChI=1S/C26H31N7O3/c27-25(28)30-13-3-6-22(33-23(34)21-12-11-19-4-1-2-5-20(19)14-21)24(35)31-15-17-7-9-18(10-8-17)16-32-26(29)36/h1-2,4-5,7-12,14,22H,3,6,13,15-16H2,(H,31,35)(H,33,34)(H4,27,28,30)(H3,29,32,36)/t22-/m1/s1. The van der Waals surface area contributed by atoms with E-state index in [0.717, 1.165) is 21.9 Å². The molecule has 1 atom stereocenters. The van der Waals surface area contributed by atoms with Crippen LogP contribution in [0.3, 0.4) is 0 Å². The van der Waals surface area contributed by atoms with Crippen molar-refractivity contribution in [1.29, 1.82) is 0 Å². The molecule has 3 rings (SSSR count). The molecule has 0 spiro atoms. The molecular weight excluding hydrogens is 458 g/mol. The molecule has 0 saturated carbocycles. The Kier molecular flexibility index (Phi) is 9.21. The van der Waals surface area contributed by atoms with Crippen LogP contribution in [0.2, 0.25) is 0 Å². The molecular formula is C26H31N7O3. The third-order valence-corrected chi connectivity index (χ3v) is 5.54. The zero-order valence-electron chi connectivity index (χ0n) is 19.9. The van der Waals surface area contributed by atoms with E-state index >= 15 is 0 Å². The molecule has 3 aromatic carbocycles. The molecule has 0 aliphatic heterocycles. The van der Waals surface area contributed by atoms with Crippen LogP contribution in [-0.4, -0.2) is 36.4 Å². The fraction of sp³-hybridized carbons (Fsp3) is 0.231. The Morgan fingerprint density at radius 2 is 1.44 bits per heavy atom. The van der Waals surface area contributed by atoms with Gasteiger partial charge in [-0.25, -0.2) is 4.79 Å². The first kappa shape index (κ1) is 26.0. The van der Waals surface area contributed by atoms with Gasteiger partial charge < -0.3 is 33.2 Å². The van der Waals surface area contributed by atoms with E-state index in [2.05, 4.69) is 20.9 Å². The van der Waals surface area contributed by atoms with Gasteiger partial charge in [0, 0.05) is 25.2 Å². The molecule has 188 valence electrons. The third kappa shape index (κ3) is 8.01. The molecule has 0 fully saturated rings. The van der Waals surface area contributed by atoms with Crippen LogP contribution >= 0.6 is 0 Å². The van der Waals surface area contributed by atoms with Gasteiger partial charge in [-0.05, 0) is 46.9 Å². The highest BCUT2D eigenvalue weighted by atomic mass is 16.2. The number of guanidine groups is 1. The molecule has 36 heavy (non-hydrogen) atoms. The summed E-state index contributed by atoms with van der Waals surface area (Å²) in [4.78, 5) is 40.8. The molecule has 3 aromatic rings. The summed E-state index contributed by atoms with van der Waals surface area (Å²) < 4.78 is 0. The molecule has 0 bridgehead atoms. The van der Waals surface area contributed by atoms with Crippen LogP contribution < -0.4 is 33.2 Å². The van der Waals surface area contributed by atoms with Gasteiger partial charge in [0.05, 0.1) is 0 Å². The minimum Gasteiger partial charge on any atom is -0.370 e. The topological polar surface area (TPSA) is 178 Å². The molecule has 0 heterocycles. The van der Waals surface area contributed by atoms with Gasteiger partial charge >= 0.3 is 6.03 Å². The highest BCUT2D eigenvalue weighted by molar-refractivity contribution is 6.00. The van der Waals surface area contributed by atoms with E-state index in [9.17, 15) is 14.4 Å². The fourth-order valence-electron chi connectivity index (χ4n) is 3.62. The molecule has 0 aliphatic carbocycles. The Labute approximate surface area is 209 Å². The zero-order valence-corrected chi connectivity index (χ0v) is 19.9. The number of benzene rings is 3. The lowest BCUT2D eigenvalue weighted by Gasteiger charge is -2.19. The summed E-state index contributed by atoms with van der Waals surface area (Å²) in [5, 5.41) is 10.2. The number of rotatable bonds is 11. The lowest BCUT2D eigenvalue weighted by Crippen LogP contribution is -2.46. The van der Waals surface area contributed by atoms with Gasteiger partial charge in [0.2, 0.25) is 5.91 Å². The van der Waals surface area contributed by atoms with E-state index in [0.29, 0.717) is 31.5 Å². The molecule has 0 saturated heterocycles. The van der Waals surface area contributed by atoms with Crippen molar-refractivity contribution in [1.82, 2.24) is 16.0 Å². The SMILES string of the molecule is NC(=O)NCc1ccc(CNC(=O)[C@@H](CCCN=C(N)N)NC(=O)c2ccc3ccccc3c2)cc1. The Balaban J connectivity index is 1.64. The van der Waals surface area contributed by atoms with E-state index in [1.54, 1.807) is 12.1 Å². The van der Waals surface area contributed by atoms with Crippen molar-refractivity contribution in [2.24, 2.45) is 22.2 Å². The van der Waals surface area contributed by atoms with Crippen LogP contribution in [0.1, 0.15) is 34.3 Å². The second-order valence-electron chi connectivity index (χ2n) is 8.29. The average Bonchev–Trinajstić information content (AvgIpc) is 2.87. The first-order valence-corrected chi connectivity index (χ1v) is 11.6. The Hall–Kier alpha value is -4.60. The van der Waals surface area contributed by atoms with Crippen LogP contribution in [0.5, 0.6) is 0 Å². The summed E-state index contributed by atoms with van der Waals surface area (Å²) in [6.45, 7) is 0.942. The number of nitrogens with one attached hydrogen (secondary N) is 3. The van der Waals surface area contributed by atoms with Crippen molar-refractivity contribution < 1.29 is 14.4 Å². The lowest BCUT2D eigenvalue weighted by atomic mass is 10.1. The minimum absolute atomic E-state index is 0.0225. The fourth-order valence-corrected chi connectivity index (χ4v) is 3.62. The van der Waals surface area contributed by atoms with Crippen LogP contribution in [0.25, 0.3) is 10.8 Å². The second kappa shape index (κ2) is 12.7. The molecule has 0 aromatic heterocycles. The van der Waals surface area contributed by atoms with Crippen LogP contribution in [0, 0.1) is 0 Å². The number of fused-ring (bicyclic) bond motifs is 1. The number of nitrogens with two attached hydrogens (primary N) is 3. The van der Waals surface area contributed by atoms with Gasteiger partial charge in [-0.1, -0.05) is 54.6 Å². The number of aliphatic imine (C=N–C) groups is 1. The molecule has 4 amide bonds. The van der Waals surface area contributed by atoms with E-state index in [1.165, 1.54) is 0 Å². The maximum absolute atomic E-state index is 13.0. The number of urea groups is 1. The monoisotopic (exact) mass is 489 g/mol. The normalized spacial score (nSPS) is 11.3. The van der Waals surface area contributed by atoms with Crippen molar-refractivity contribution in [3.63, 3.8) is 0 Å². The van der Waals surface area contributed by atoms with E-state index < -0.39 is 12.1 Å². The number of hydrogen-bond acceptors (Lipinski definition) is 4. The number of primary amides is 1. The molecule has 10 nitrogen and oxygen atoms in total. The van der Waals surface area contributed by atoms with Crippen molar-refractivity contribution in [3.05, 3.63) is 83.4 Å². The van der Waals surface area contributed by atoms with Gasteiger partial charge in [0.25, 0.3) is 5.91 Å². The summed E-state index contributed by atoms with van der Waals surface area (Å²) in [5.74, 6) is -0.673. The van der Waals surface area contributed by atoms with Crippen molar-refractivity contribution in [2.45, 2.75) is 32.0 Å².